The standard InChI is InChI=1S/C14H13ClN2/c1-3-17-13-5-4-10(15)8-12(13)11-6-7-16-9(2)14(11)17/h4-8H,3H2,1-2H3. The van der Waals surface area contributed by atoms with Gasteiger partial charge in [-0.3, -0.25) is 4.98 Å². The summed E-state index contributed by atoms with van der Waals surface area (Å²) in [4.78, 5) is 4.38. The molecule has 0 spiro atoms. The van der Waals surface area contributed by atoms with Gasteiger partial charge in [0.1, 0.15) is 0 Å². The normalized spacial score (nSPS) is 11.5. The van der Waals surface area contributed by atoms with Crippen molar-refractivity contribution in [2.75, 3.05) is 0 Å². The number of hydrogen-bond acceptors (Lipinski definition) is 1. The average molecular weight is 245 g/mol. The first-order chi connectivity index (χ1) is 8.22. The lowest BCUT2D eigenvalue weighted by molar-refractivity contribution is 0.822. The van der Waals surface area contributed by atoms with Crippen LogP contribution in [0.5, 0.6) is 0 Å². The monoisotopic (exact) mass is 244 g/mol. The molecule has 0 bridgehead atoms. The number of pyridine rings is 1. The Hall–Kier alpha value is -1.54. The third-order valence-electron chi connectivity index (χ3n) is 3.23. The smallest absolute Gasteiger partial charge is 0.0707 e. The summed E-state index contributed by atoms with van der Waals surface area (Å²) >= 11 is 6.09. The highest BCUT2D eigenvalue weighted by molar-refractivity contribution is 6.31. The summed E-state index contributed by atoms with van der Waals surface area (Å²) < 4.78 is 2.29. The van der Waals surface area contributed by atoms with Crippen LogP contribution in [0.25, 0.3) is 21.8 Å². The number of aromatic nitrogens is 2. The van der Waals surface area contributed by atoms with Crippen molar-refractivity contribution >= 4 is 33.4 Å². The van der Waals surface area contributed by atoms with Crippen LogP contribution >= 0.6 is 11.6 Å². The van der Waals surface area contributed by atoms with Crippen LogP contribution in [0.2, 0.25) is 5.02 Å². The number of hydrogen-bond donors (Lipinski definition) is 0. The van der Waals surface area contributed by atoms with Gasteiger partial charge in [0.05, 0.1) is 11.2 Å². The molecule has 0 unspecified atom stereocenters. The summed E-state index contributed by atoms with van der Waals surface area (Å²) in [7, 11) is 0. The quantitative estimate of drug-likeness (QED) is 0.628. The van der Waals surface area contributed by atoms with Crippen LogP contribution in [-0.2, 0) is 6.54 Å². The molecule has 0 aliphatic rings. The fraction of sp³-hybridized carbons (Fsp3) is 0.214. The molecular formula is C14H13ClN2. The fourth-order valence-electron chi connectivity index (χ4n) is 2.52. The van der Waals surface area contributed by atoms with Crippen LogP contribution in [0.15, 0.2) is 30.5 Å². The maximum absolute atomic E-state index is 6.09. The van der Waals surface area contributed by atoms with Gasteiger partial charge in [-0.1, -0.05) is 11.6 Å². The van der Waals surface area contributed by atoms with Crippen LogP contribution in [-0.4, -0.2) is 9.55 Å². The summed E-state index contributed by atoms with van der Waals surface area (Å²) in [5.41, 5.74) is 3.51. The van der Waals surface area contributed by atoms with E-state index in [0.29, 0.717) is 0 Å². The Kier molecular flexibility index (Phi) is 2.33. The summed E-state index contributed by atoms with van der Waals surface area (Å²) in [6, 6.07) is 8.12. The zero-order valence-electron chi connectivity index (χ0n) is 9.87. The second-order valence-electron chi connectivity index (χ2n) is 4.20. The van der Waals surface area contributed by atoms with Crippen molar-refractivity contribution in [3.8, 4) is 0 Å². The van der Waals surface area contributed by atoms with Gasteiger partial charge in [-0.2, -0.15) is 0 Å². The highest BCUT2D eigenvalue weighted by Crippen LogP contribution is 2.31. The van der Waals surface area contributed by atoms with Crippen molar-refractivity contribution in [1.82, 2.24) is 9.55 Å². The zero-order chi connectivity index (χ0) is 12.0. The molecule has 2 heterocycles. The van der Waals surface area contributed by atoms with E-state index in [0.717, 1.165) is 17.3 Å². The van der Waals surface area contributed by atoms with E-state index in [1.807, 2.05) is 18.3 Å². The highest BCUT2D eigenvalue weighted by atomic mass is 35.5. The summed E-state index contributed by atoms with van der Waals surface area (Å²) in [6.07, 6.45) is 1.86. The molecule has 0 atom stereocenters. The van der Waals surface area contributed by atoms with Gasteiger partial charge in [0.15, 0.2) is 0 Å². The molecule has 0 N–H and O–H groups in total. The van der Waals surface area contributed by atoms with Gasteiger partial charge in [0, 0.05) is 34.1 Å². The molecule has 1 aromatic carbocycles. The van der Waals surface area contributed by atoms with Crippen molar-refractivity contribution < 1.29 is 0 Å². The minimum Gasteiger partial charge on any atom is -0.339 e. The highest BCUT2D eigenvalue weighted by Gasteiger charge is 2.11. The molecule has 0 aliphatic heterocycles. The van der Waals surface area contributed by atoms with E-state index in [1.165, 1.54) is 21.8 Å². The SMILES string of the molecule is CCn1c2ccc(Cl)cc2c2ccnc(C)c21. The minimum atomic E-state index is 0.780. The molecule has 3 heteroatoms. The fourth-order valence-corrected chi connectivity index (χ4v) is 2.70. The molecule has 3 aromatic rings. The van der Waals surface area contributed by atoms with Crippen LogP contribution in [0.1, 0.15) is 12.6 Å². The lowest BCUT2D eigenvalue weighted by atomic mass is 10.2. The van der Waals surface area contributed by atoms with Crippen molar-refractivity contribution in [2.45, 2.75) is 20.4 Å². The topological polar surface area (TPSA) is 17.8 Å². The molecule has 0 saturated heterocycles. The molecule has 0 saturated carbocycles. The lowest BCUT2D eigenvalue weighted by Gasteiger charge is -2.04. The van der Waals surface area contributed by atoms with Crippen molar-refractivity contribution in [3.05, 3.63) is 41.2 Å². The molecule has 2 nitrogen and oxygen atoms in total. The van der Waals surface area contributed by atoms with Gasteiger partial charge >= 0.3 is 0 Å². The predicted octanol–water partition coefficient (Wildman–Crippen LogP) is 4.17. The number of rotatable bonds is 1. The Morgan fingerprint density at radius 1 is 1.24 bits per heavy atom. The van der Waals surface area contributed by atoms with E-state index >= 15 is 0 Å². The maximum atomic E-state index is 6.09. The maximum Gasteiger partial charge on any atom is 0.0707 e. The van der Waals surface area contributed by atoms with Gasteiger partial charge in [-0.15, -0.1) is 0 Å². The van der Waals surface area contributed by atoms with Gasteiger partial charge in [0.2, 0.25) is 0 Å². The van der Waals surface area contributed by atoms with E-state index < -0.39 is 0 Å². The first kappa shape index (κ1) is 10.6. The van der Waals surface area contributed by atoms with Crippen molar-refractivity contribution in [3.63, 3.8) is 0 Å². The number of benzene rings is 1. The van der Waals surface area contributed by atoms with Crippen LogP contribution in [0.3, 0.4) is 0 Å². The number of nitrogens with zero attached hydrogens (tertiary/aromatic N) is 2. The van der Waals surface area contributed by atoms with Crippen LogP contribution in [0.4, 0.5) is 0 Å². The average Bonchev–Trinajstić information content (AvgIpc) is 2.64. The molecule has 0 amide bonds. The van der Waals surface area contributed by atoms with Crippen LogP contribution in [0, 0.1) is 6.92 Å². The van der Waals surface area contributed by atoms with Gasteiger partial charge < -0.3 is 4.57 Å². The summed E-state index contributed by atoms with van der Waals surface area (Å²) in [5, 5.41) is 3.22. The van der Waals surface area contributed by atoms with E-state index in [2.05, 4.69) is 35.5 Å². The largest absolute Gasteiger partial charge is 0.339 e. The third kappa shape index (κ3) is 1.44. The Morgan fingerprint density at radius 2 is 2.06 bits per heavy atom. The molecule has 0 aliphatic carbocycles. The molecular weight excluding hydrogens is 232 g/mol. The van der Waals surface area contributed by atoms with E-state index in [-0.39, 0.29) is 0 Å². The molecule has 17 heavy (non-hydrogen) atoms. The second kappa shape index (κ2) is 3.74. The molecule has 3 rings (SSSR count). The molecule has 86 valence electrons. The van der Waals surface area contributed by atoms with E-state index in [9.17, 15) is 0 Å². The first-order valence-corrected chi connectivity index (χ1v) is 6.13. The lowest BCUT2D eigenvalue weighted by Crippen LogP contribution is -1.95. The summed E-state index contributed by atoms with van der Waals surface area (Å²) in [5.74, 6) is 0. The van der Waals surface area contributed by atoms with E-state index in [1.54, 1.807) is 0 Å². The molecule has 2 aromatic heterocycles. The Bertz CT molecular complexity index is 713. The Labute approximate surface area is 105 Å². The zero-order valence-corrected chi connectivity index (χ0v) is 10.6. The molecule has 0 fully saturated rings. The first-order valence-electron chi connectivity index (χ1n) is 5.75. The third-order valence-corrected chi connectivity index (χ3v) is 3.47. The Balaban J connectivity index is 2.62. The molecule has 0 radical (unpaired) electrons. The Morgan fingerprint density at radius 3 is 2.82 bits per heavy atom. The second-order valence-corrected chi connectivity index (χ2v) is 4.63. The number of fused-ring (bicyclic) bond motifs is 3. The van der Waals surface area contributed by atoms with Crippen molar-refractivity contribution in [1.29, 1.82) is 0 Å². The minimum absolute atomic E-state index is 0.780. The number of halogens is 1. The van der Waals surface area contributed by atoms with Crippen molar-refractivity contribution in [2.24, 2.45) is 0 Å². The number of aryl methyl sites for hydroxylation is 2. The predicted molar refractivity (Wildman–Crippen MR) is 72.7 cm³/mol. The van der Waals surface area contributed by atoms with Gasteiger partial charge in [-0.05, 0) is 38.1 Å². The van der Waals surface area contributed by atoms with Gasteiger partial charge in [0.25, 0.3) is 0 Å². The van der Waals surface area contributed by atoms with Gasteiger partial charge in [-0.25, -0.2) is 0 Å². The summed E-state index contributed by atoms with van der Waals surface area (Å²) in [6.45, 7) is 5.14. The van der Waals surface area contributed by atoms with E-state index in [4.69, 9.17) is 11.6 Å². The van der Waals surface area contributed by atoms with Crippen LogP contribution < -0.4 is 0 Å².